The maximum Gasteiger partial charge on any atom is 0.248 e. The first-order chi connectivity index (χ1) is 8.52. The molecule has 0 heterocycles. The van der Waals surface area contributed by atoms with Crippen molar-refractivity contribution in [1.29, 1.82) is 0 Å². The normalized spacial score (nSPS) is 11.9. The Morgan fingerprint density at radius 3 is 2.72 bits per heavy atom. The molecule has 0 spiro atoms. The van der Waals surface area contributed by atoms with E-state index < -0.39 is 5.91 Å². The molecular weight excluding hydrogens is 230 g/mol. The predicted octanol–water partition coefficient (Wildman–Crippen LogP) is 1.24. The maximum absolute atomic E-state index is 11.7. The van der Waals surface area contributed by atoms with Crippen LogP contribution >= 0.6 is 0 Å². The summed E-state index contributed by atoms with van der Waals surface area (Å²) in [6, 6.07) is 6.39. The first kappa shape index (κ1) is 14.2. The Bertz CT molecular complexity index is 432. The maximum atomic E-state index is 11.7. The molecular formula is C13H19N3O2. The lowest BCUT2D eigenvalue weighted by Crippen LogP contribution is -2.27. The molecule has 98 valence electrons. The topological polar surface area (TPSA) is 98.2 Å². The van der Waals surface area contributed by atoms with Gasteiger partial charge in [0.25, 0.3) is 0 Å². The van der Waals surface area contributed by atoms with E-state index in [4.69, 9.17) is 11.5 Å². The minimum Gasteiger partial charge on any atom is -0.366 e. The van der Waals surface area contributed by atoms with E-state index in [-0.39, 0.29) is 18.4 Å². The van der Waals surface area contributed by atoms with Gasteiger partial charge in [-0.15, -0.1) is 0 Å². The minimum atomic E-state index is -0.520. The van der Waals surface area contributed by atoms with Crippen LogP contribution in [0, 0.1) is 0 Å². The lowest BCUT2D eigenvalue weighted by molar-refractivity contribution is -0.116. The third-order valence-electron chi connectivity index (χ3n) is 2.54. The number of nitrogens with one attached hydrogen (secondary N) is 1. The molecule has 2 amide bonds. The van der Waals surface area contributed by atoms with Crippen molar-refractivity contribution in [2.45, 2.75) is 32.2 Å². The smallest absolute Gasteiger partial charge is 0.248 e. The summed E-state index contributed by atoms with van der Waals surface area (Å²) in [5.41, 5.74) is 11.9. The summed E-state index contributed by atoms with van der Waals surface area (Å²) < 4.78 is 0. The van der Waals surface area contributed by atoms with Gasteiger partial charge in [-0.1, -0.05) is 19.4 Å². The predicted molar refractivity (Wildman–Crippen MR) is 71.1 cm³/mol. The standard InChI is InChI=1S/C13H19N3O2/c1-2-4-10(14)8-12(17)16-11-6-3-5-9(7-11)13(15)18/h3,5-7,10H,2,4,8,14H2,1H3,(H2,15,18)(H,16,17). The highest BCUT2D eigenvalue weighted by molar-refractivity contribution is 5.96. The molecule has 1 aromatic carbocycles. The van der Waals surface area contributed by atoms with Crippen molar-refractivity contribution in [3.63, 3.8) is 0 Å². The van der Waals surface area contributed by atoms with Gasteiger partial charge in [-0.05, 0) is 24.6 Å². The highest BCUT2D eigenvalue weighted by Crippen LogP contribution is 2.11. The zero-order valence-corrected chi connectivity index (χ0v) is 10.5. The van der Waals surface area contributed by atoms with Crippen molar-refractivity contribution in [3.8, 4) is 0 Å². The zero-order chi connectivity index (χ0) is 13.5. The van der Waals surface area contributed by atoms with Crippen LogP contribution in [0.4, 0.5) is 5.69 Å². The summed E-state index contributed by atoms with van der Waals surface area (Å²) in [5, 5.41) is 2.70. The molecule has 1 rings (SSSR count). The number of amides is 2. The van der Waals surface area contributed by atoms with E-state index >= 15 is 0 Å². The number of hydrogen-bond acceptors (Lipinski definition) is 3. The Morgan fingerprint density at radius 1 is 1.39 bits per heavy atom. The molecule has 5 N–H and O–H groups in total. The van der Waals surface area contributed by atoms with Crippen LogP contribution in [0.3, 0.4) is 0 Å². The van der Waals surface area contributed by atoms with Gasteiger partial charge in [0.15, 0.2) is 0 Å². The minimum absolute atomic E-state index is 0.130. The largest absolute Gasteiger partial charge is 0.366 e. The number of rotatable bonds is 6. The van der Waals surface area contributed by atoms with Gasteiger partial charge < -0.3 is 16.8 Å². The summed E-state index contributed by atoms with van der Waals surface area (Å²) in [5.74, 6) is -0.675. The molecule has 0 aliphatic carbocycles. The number of benzene rings is 1. The average Bonchev–Trinajstić information content (AvgIpc) is 2.29. The molecule has 0 aromatic heterocycles. The molecule has 1 atom stereocenters. The van der Waals surface area contributed by atoms with Gasteiger partial charge in [0, 0.05) is 23.7 Å². The van der Waals surface area contributed by atoms with Crippen LogP contribution in [-0.4, -0.2) is 17.9 Å². The lowest BCUT2D eigenvalue weighted by Gasteiger charge is -2.10. The Balaban J connectivity index is 2.59. The molecule has 0 aliphatic heterocycles. The Hall–Kier alpha value is -1.88. The van der Waals surface area contributed by atoms with Gasteiger partial charge in [-0.25, -0.2) is 0 Å². The molecule has 0 radical (unpaired) electrons. The molecule has 0 saturated heterocycles. The van der Waals surface area contributed by atoms with Crippen molar-refractivity contribution in [1.82, 2.24) is 0 Å². The van der Waals surface area contributed by atoms with E-state index in [9.17, 15) is 9.59 Å². The van der Waals surface area contributed by atoms with E-state index in [0.717, 1.165) is 12.8 Å². The van der Waals surface area contributed by atoms with Crippen LogP contribution in [0.25, 0.3) is 0 Å². The number of carbonyl (C=O) groups excluding carboxylic acids is 2. The average molecular weight is 249 g/mol. The molecule has 5 nitrogen and oxygen atoms in total. The highest BCUT2D eigenvalue weighted by atomic mass is 16.2. The summed E-state index contributed by atoms with van der Waals surface area (Å²) in [6.07, 6.45) is 2.04. The van der Waals surface area contributed by atoms with Crippen LogP contribution < -0.4 is 16.8 Å². The SMILES string of the molecule is CCCC(N)CC(=O)Nc1cccc(C(N)=O)c1. The molecule has 1 aromatic rings. The van der Waals surface area contributed by atoms with Crippen LogP contribution in [-0.2, 0) is 4.79 Å². The Morgan fingerprint density at radius 2 is 2.11 bits per heavy atom. The molecule has 1 unspecified atom stereocenters. The number of anilines is 1. The molecule has 0 saturated carbocycles. The summed E-state index contributed by atoms with van der Waals surface area (Å²) in [4.78, 5) is 22.7. The van der Waals surface area contributed by atoms with Crippen LogP contribution in [0.15, 0.2) is 24.3 Å². The Kier molecular flexibility index (Phi) is 5.32. The lowest BCUT2D eigenvalue weighted by atomic mass is 10.1. The second-order valence-electron chi connectivity index (χ2n) is 4.25. The molecule has 5 heteroatoms. The van der Waals surface area contributed by atoms with Crippen LogP contribution in [0.1, 0.15) is 36.5 Å². The molecule has 18 heavy (non-hydrogen) atoms. The van der Waals surface area contributed by atoms with Crippen molar-refractivity contribution >= 4 is 17.5 Å². The second-order valence-corrected chi connectivity index (χ2v) is 4.25. The van der Waals surface area contributed by atoms with E-state index in [2.05, 4.69) is 5.32 Å². The number of hydrogen-bond donors (Lipinski definition) is 3. The van der Waals surface area contributed by atoms with E-state index in [1.807, 2.05) is 6.92 Å². The highest BCUT2D eigenvalue weighted by Gasteiger charge is 2.09. The fourth-order valence-electron chi connectivity index (χ4n) is 1.67. The van der Waals surface area contributed by atoms with Gasteiger partial charge in [-0.2, -0.15) is 0 Å². The van der Waals surface area contributed by atoms with Gasteiger partial charge in [0.2, 0.25) is 11.8 Å². The third kappa shape index (κ3) is 4.55. The van der Waals surface area contributed by atoms with Crippen molar-refractivity contribution in [3.05, 3.63) is 29.8 Å². The number of carbonyl (C=O) groups is 2. The fourth-order valence-corrected chi connectivity index (χ4v) is 1.67. The quantitative estimate of drug-likeness (QED) is 0.707. The van der Waals surface area contributed by atoms with Crippen molar-refractivity contribution in [2.75, 3.05) is 5.32 Å². The first-order valence-electron chi connectivity index (χ1n) is 5.98. The van der Waals surface area contributed by atoms with Crippen LogP contribution in [0.2, 0.25) is 0 Å². The fraction of sp³-hybridized carbons (Fsp3) is 0.385. The summed E-state index contributed by atoms with van der Waals surface area (Å²) >= 11 is 0. The molecule has 0 fully saturated rings. The molecule has 0 aliphatic rings. The van der Waals surface area contributed by atoms with Gasteiger partial charge in [0.05, 0.1) is 0 Å². The number of primary amides is 1. The third-order valence-corrected chi connectivity index (χ3v) is 2.54. The van der Waals surface area contributed by atoms with E-state index in [0.29, 0.717) is 11.3 Å². The first-order valence-corrected chi connectivity index (χ1v) is 5.98. The van der Waals surface area contributed by atoms with E-state index in [1.54, 1.807) is 24.3 Å². The van der Waals surface area contributed by atoms with Crippen LogP contribution in [0.5, 0.6) is 0 Å². The summed E-state index contributed by atoms with van der Waals surface area (Å²) in [7, 11) is 0. The Labute approximate surface area is 107 Å². The van der Waals surface area contributed by atoms with Crippen molar-refractivity contribution in [2.24, 2.45) is 11.5 Å². The van der Waals surface area contributed by atoms with E-state index in [1.165, 1.54) is 0 Å². The van der Waals surface area contributed by atoms with Gasteiger partial charge in [-0.3, -0.25) is 9.59 Å². The van der Waals surface area contributed by atoms with Gasteiger partial charge in [0.1, 0.15) is 0 Å². The van der Waals surface area contributed by atoms with Gasteiger partial charge >= 0.3 is 0 Å². The monoisotopic (exact) mass is 249 g/mol. The zero-order valence-electron chi connectivity index (χ0n) is 10.5. The summed E-state index contributed by atoms with van der Waals surface area (Å²) in [6.45, 7) is 2.02. The second kappa shape index (κ2) is 6.76. The molecule has 0 bridgehead atoms. The number of nitrogens with two attached hydrogens (primary N) is 2. The van der Waals surface area contributed by atoms with Crippen molar-refractivity contribution < 1.29 is 9.59 Å².